The lowest BCUT2D eigenvalue weighted by Gasteiger charge is -2.24. The van der Waals surface area contributed by atoms with Crippen LogP contribution in [0.2, 0.25) is 0 Å². The summed E-state index contributed by atoms with van der Waals surface area (Å²) in [6, 6.07) is 4.17. The fourth-order valence-electron chi connectivity index (χ4n) is 2.08. The highest BCUT2D eigenvalue weighted by Gasteiger charge is 2.26. The lowest BCUT2D eigenvalue weighted by atomic mass is 10.3. The summed E-state index contributed by atoms with van der Waals surface area (Å²) < 4.78 is 19.0. The molecule has 1 fully saturated rings. The number of anilines is 1. The molecule has 1 aromatic rings. The Balaban J connectivity index is 2.06. The number of hydrogen-bond acceptors (Lipinski definition) is 3. The molecule has 0 aromatic heterocycles. The molecule has 1 aliphatic rings. The van der Waals surface area contributed by atoms with E-state index >= 15 is 0 Å². The smallest absolute Gasteiger partial charge is 0.415 e. The number of hydrogen-bond donors (Lipinski definition) is 0. The molecular formula is C13H16BrFN2O2. The first-order valence-electron chi connectivity index (χ1n) is 6.08. The number of ether oxygens (including phenoxy) is 1. The molecule has 0 bridgehead atoms. The predicted molar refractivity (Wildman–Crippen MR) is 74.6 cm³/mol. The molecule has 0 unspecified atom stereocenters. The molecule has 19 heavy (non-hydrogen) atoms. The molecule has 0 radical (unpaired) electrons. The van der Waals surface area contributed by atoms with Gasteiger partial charge >= 0.3 is 6.09 Å². The van der Waals surface area contributed by atoms with Gasteiger partial charge in [-0.2, -0.15) is 0 Å². The van der Waals surface area contributed by atoms with Gasteiger partial charge in [0.15, 0.2) is 6.23 Å². The number of likely N-dealkylation sites (tertiary alicyclic amines) is 1. The van der Waals surface area contributed by atoms with Crippen molar-refractivity contribution in [2.24, 2.45) is 0 Å². The zero-order valence-corrected chi connectivity index (χ0v) is 12.5. The van der Waals surface area contributed by atoms with E-state index in [1.54, 1.807) is 13.1 Å². The summed E-state index contributed by atoms with van der Waals surface area (Å²) in [7, 11) is 3.54. The van der Waals surface area contributed by atoms with Crippen LogP contribution >= 0.6 is 15.9 Å². The van der Waals surface area contributed by atoms with Gasteiger partial charge < -0.3 is 4.74 Å². The number of carbonyl (C=O) groups is 1. The predicted octanol–water partition coefficient (Wildman–Crippen LogP) is 3.21. The summed E-state index contributed by atoms with van der Waals surface area (Å²) in [5.74, 6) is -0.354. The Morgan fingerprint density at radius 2 is 2.32 bits per heavy atom. The quantitative estimate of drug-likeness (QED) is 0.834. The SMILES string of the molecule is CN(C(=O)O[C@H]1CCCN1C)c1ccc(F)cc1Br. The Hall–Kier alpha value is -1.14. The molecular weight excluding hydrogens is 315 g/mol. The lowest BCUT2D eigenvalue weighted by Crippen LogP contribution is -2.36. The minimum atomic E-state index is -0.439. The van der Waals surface area contributed by atoms with E-state index in [0.29, 0.717) is 10.2 Å². The third-order valence-corrected chi connectivity index (χ3v) is 3.87. The minimum Gasteiger partial charge on any atom is -0.430 e. The average molecular weight is 331 g/mol. The summed E-state index contributed by atoms with van der Waals surface area (Å²) in [6.45, 7) is 0.932. The molecule has 1 heterocycles. The van der Waals surface area contributed by atoms with Crippen LogP contribution in [0.25, 0.3) is 0 Å². The first-order valence-corrected chi connectivity index (χ1v) is 6.88. The third-order valence-electron chi connectivity index (χ3n) is 3.24. The highest BCUT2D eigenvalue weighted by atomic mass is 79.9. The van der Waals surface area contributed by atoms with Gasteiger partial charge in [0.25, 0.3) is 0 Å². The van der Waals surface area contributed by atoms with E-state index < -0.39 is 6.09 Å². The Morgan fingerprint density at radius 1 is 1.58 bits per heavy atom. The fourth-order valence-corrected chi connectivity index (χ4v) is 2.69. The summed E-state index contributed by atoms with van der Waals surface area (Å²) >= 11 is 3.24. The maximum absolute atomic E-state index is 13.0. The maximum atomic E-state index is 13.0. The monoisotopic (exact) mass is 330 g/mol. The first kappa shape index (κ1) is 14.3. The second kappa shape index (κ2) is 5.88. The molecule has 4 nitrogen and oxygen atoms in total. The summed E-state index contributed by atoms with van der Waals surface area (Å²) in [6.07, 6.45) is 1.26. The second-order valence-electron chi connectivity index (χ2n) is 4.62. The van der Waals surface area contributed by atoms with Gasteiger partial charge in [0.1, 0.15) is 5.82 Å². The molecule has 0 saturated carbocycles. The molecule has 1 aromatic carbocycles. The van der Waals surface area contributed by atoms with Crippen molar-refractivity contribution in [3.8, 4) is 0 Å². The standard InChI is InChI=1S/C13H16BrFN2O2/c1-16-7-3-4-12(16)19-13(18)17(2)11-6-5-9(15)8-10(11)14/h5-6,8,12H,3-4,7H2,1-2H3/t12-/m0/s1. The Bertz CT molecular complexity index is 484. The summed E-state index contributed by atoms with van der Waals surface area (Å²) in [4.78, 5) is 15.4. The van der Waals surface area contributed by atoms with E-state index in [0.717, 1.165) is 19.4 Å². The van der Waals surface area contributed by atoms with Gasteiger partial charge in [-0.3, -0.25) is 9.80 Å². The number of halogens is 2. The average Bonchev–Trinajstić information content (AvgIpc) is 2.74. The zero-order valence-electron chi connectivity index (χ0n) is 10.9. The molecule has 1 saturated heterocycles. The topological polar surface area (TPSA) is 32.8 Å². The molecule has 1 aliphatic heterocycles. The molecule has 0 aliphatic carbocycles. The molecule has 0 N–H and O–H groups in total. The number of amides is 1. The van der Waals surface area contributed by atoms with Crippen LogP contribution in [0.5, 0.6) is 0 Å². The van der Waals surface area contributed by atoms with Crippen LogP contribution in [0.3, 0.4) is 0 Å². The van der Waals surface area contributed by atoms with Gasteiger partial charge in [0.05, 0.1) is 5.69 Å². The highest BCUT2D eigenvalue weighted by molar-refractivity contribution is 9.10. The number of rotatable bonds is 2. The third kappa shape index (κ3) is 3.25. The molecule has 0 spiro atoms. The molecule has 104 valence electrons. The van der Waals surface area contributed by atoms with Crippen LogP contribution < -0.4 is 4.90 Å². The molecule has 1 amide bonds. The number of benzene rings is 1. The van der Waals surface area contributed by atoms with Crippen LogP contribution in [0.15, 0.2) is 22.7 Å². The van der Waals surface area contributed by atoms with E-state index in [1.807, 2.05) is 11.9 Å². The van der Waals surface area contributed by atoms with Crippen LogP contribution in [0, 0.1) is 5.82 Å². The van der Waals surface area contributed by atoms with Crippen molar-refractivity contribution in [2.45, 2.75) is 19.1 Å². The van der Waals surface area contributed by atoms with Crippen LogP contribution in [-0.2, 0) is 4.74 Å². The van der Waals surface area contributed by atoms with Gasteiger partial charge in [0.2, 0.25) is 0 Å². The second-order valence-corrected chi connectivity index (χ2v) is 5.47. The van der Waals surface area contributed by atoms with Crippen LogP contribution in [-0.4, -0.2) is 37.9 Å². The number of nitrogens with zero attached hydrogens (tertiary/aromatic N) is 2. The molecule has 1 atom stereocenters. The normalized spacial score (nSPS) is 19.5. The fraction of sp³-hybridized carbons (Fsp3) is 0.462. The van der Waals surface area contributed by atoms with Crippen molar-refractivity contribution in [2.75, 3.05) is 25.5 Å². The van der Waals surface area contributed by atoms with E-state index in [1.165, 1.54) is 17.0 Å². The van der Waals surface area contributed by atoms with Crippen LogP contribution in [0.4, 0.5) is 14.9 Å². The van der Waals surface area contributed by atoms with Gasteiger partial charge in [-0.25, -0.2) is 9.18 Å². The van der Waals surface area contributed by atoms with Gasteiger partial charge in [-0.1, -0.05) is 0 Å². The Morgan fingerprint density at radius 3 is 2.89 bits per heavy atom. The lowest BCUT2D eigenvalue weighted by molar-refractivity contribution is 0.0315. The van der Waals surface area contributed by atoms with E-state index in [2.05, 4.69) is 15.9 Å². The summed E-state index contributed by atoms with van der Waals surface area (Å²) in [5, 5.41) is 0. The van der Waals surface area contributed by atoms with Crippen molar-refractivity contribution < 1.29 is 13.9 Å². The van der Waals surface area contributed by atoms with Crippen LogP contribution in [0.1, 0.15) is 12.8 Å². The van der Waals surface area contributed by atoms with E-state index in [9.17, 15) is 9.18 Å². The van der Waals surface area contributed by atoms with Crippen molar-refractivity contribution in [1.82, 2.24) is 4.90 Å². The van der Waals surface area contributed by atoms with Crippen molar-refractivity contribution in [1.29, 1.82) is 0 Å². The van der Waals surface area contributed by atoms with Crippen molar-refractivity contribution in [3.63, 3.8) is 0 Å². The Labute approximate surface area is 120 Å². The van der Waals surface area contributed by atoms with Crippen molar-refractivity contribution in [3.05, 3.63) is 28.5 Å². The molecule has 2 rings (SSSR count). The van der Waals surface area contributed by atoms with Gasteiger partial charge in [-0.05, 0) is 54.0 Å². The van der Waals surface area contributed by atoms with E-state index in [-0.39, 0.29) is 12.0 Å². The zero-order chi connectivity index (χ0) is 14.0. The first-order chi connectivity index (χ1) is 8.99. The Kier molecular flexibility index (Phi) is 4.42. The van der Waals surface area contributed by atoms with E-state index in [4.69, 9.17) is 4.74 Å². The van der Waals surface area contributed by atoms with Gasteiger partial charge in [0, 0.05) is 18.1 Å². The maximum Gasteiger partial charge on any atom is 0.415 e. The number of carbonyl (C=O) groups excluding carboxylic acids is 1. The van der Waals surface area contributed by atoms with Gasteiger partial charge in [-0.15, -0.1) is 0 Å². The highest BCUT2D eigenvalue weighted by Crippen LogP contribution is 2.27. The minimum absolute atomic E-state index is 0.172. The molecule has 6 heteroatoms. The van der Waals surface area contributed by atoms with Crippen molar-refractivity contribution >= 4 is 27.7 Å². The summed E-state index contributed by atoms with van der Waals surface area (Å²) in [5.41, 5.74) is 0.576. The largest absolute Gasteiger partial charge is 0.430 e.